The molecule has 0 bridgehead atoms. The lowest BCUT2D eigenvalue weighted by Gasteiger charge is -1.99. The molecule has 1 N–H and O–H groups in total. The van der Waals surface area contributed by atoms with E-state index in [2.05, 4.69) is 38.5 Å². The van der Waals surface area contributed by atoms with Crippen LogP contribution in [0, 0.1) is 11.3 Å². The van der Waals surface area contributed by atoms with Crippen LogP contribution in [0.2, 0.25) is 0 Å². The maximum Gasteiger partial charge on any atom is 0.0912 e. The molecule has 0 fully saturated rings. The molecule has 2 nitrogen and oxygen atoms in total. The molecule has 1 aromatic heterocycles. The fraction of sp³-hybridized carbons (Fsp3) is 0. The second-order valence-electron chi connectivity index (χ2n) is 4.17. The van der Waals surface area contributed by atoms with Crippen molar-refractivity contribution in [1.82, 2.24) is 4.98 Å². The minimum absolute atomic E-state index is 1.04. The average Bonchev–Trinajstić information content (AvgIpc) is 2.76. The van der Waals surface area contributed by atoms with E-state index >= 15 is 0 Å². The van der Waals surface area contributed by atoms with Crippen LogP contribution in [0.25, 0.3) is 27.9 Å². The van der Waals surface area contributed by atoms with Crippen LogP contribution in [0.3, 0.4) is 0 Å². The first-order chi connectivity index (χ1) is 8.79. The molecule has 0 saturated carbocycles. The smallest absolute Gasteiger partial charge is 0.0912 e. The lowest BCUT2D eigenvalue weighted by molar-refractivity contribution is 1.54. The normalized spacial score (nSPS) is 11.3. The second-order valence-corrected chi connectivity index (χ2v) is 4.79. The Labute approximate surface area is 107 Å². The summed E-state index contributed by atoms with van der Waals surface area (Å²) in [5.74, 6) is 0. The highest BCUT2D eigenvalue weighted by atomic mass is 31.0. The van der Waals surface area contributed by atoms with Crippen molar-refractivity contribution in [3.8, 4) is 6.07 Å². The number of nitrogens with zero attached hydrogens (tertiary/aromatic N) is 1. The van der Waals surface area contributed by atoms with E-state index < -0.39 is 0 Å². The Kier molecular flexibility index (Phi) is 2.63. The molecule has 0 aliphatic carbocycles. The van der Waals surface area contributed by atoms with E-state index in [-0.39, 0.29) is 0 Å². The minimum atomic E-state index is 1.04. The lowest BCUT2D eigenvalue weighted by Crippen LogP contribution is -1.93. The highest BCUT2D eigenvalue weighted by Gasteiger charge is 2.06. The van der Waals surface area contributed by atoms with Crippen molar-refractivity contribution in [2.75, 3.05) is 0 Å². The number of nitrogens with one attached hydrogen (secondary N) is 1. The van der Waals surface area contributed by atoms with Crippen LogP contribution in [0.5, 0.6) is 0 Å². The van der Waals surface area contributed by atoms with Gasteiger partial charge in [0.2, 0.25) is 0 Å². The first kappa shape index (κ1) is 11.0. The number of benzene rings is 2. The van der Waals surface area contributed by atoms with Crippen LogP contribution in [-0.2, 0) is 0 Å². The summed E-state index contributed by atoms with van der Waals surface area (Å²) in [6.45, 7) is 0. The molecule has 1 atom stereocenters. The van der Waals surface area contributed by atoms with Crippen LogP contribution in [-0.4, -0.2) is 4.98 Å². The van der Waals surface area contributed by atoms with Crippen molar-refractivity contribution in [3.63, 3.8) is 0 Å². The number of para-hydroxylation sites is 1. The van der Waals surface area contributed by atoms with Crippen LogP contribution in [0.15, 0.2) is 42.5 Å². The van der Waals surface area contributed by atoms with Gasteiger partial charge in [-0.1, -0.05) is 18.2 Å². The molecule has 86 valence electrons. The molecule has 0 aliphatic rings. The third kappa shape index (κ3) is 1.70. The van der Waals surface area contributed by atoms with Gasteiger partial charge in [-0.25, -0.2) is 0 Å². The maximum atomic E-state index is 8.59. The molecule has 3 aromatic rings. The van der Waals surface area contributed by atoms with E-state index in [9.17, 15) is 0 Å². The summed E-state index contributed by atoms with van der Waals surface area (Å²) in [5, 5.41) is 12.1. The fourth-order valence-corrected chi connectivity index (χ4v) is 2.65. The van der Waals surface area contributed by atoms with Crippen LogP contribution in [0.1, 0.15) is 5.56 Å². The van der Waals surface area contributed by atoms with Crippen molar-refractivity contribution in [2.24, 2.45) is 0 Å². The molecule has 0 radical (unpaired) electrons. The molecule has 1 unspecified atom stereocenters. The molecular formula is C15H11N2P. The average molecular weight is 250 g/mol. The van der Waals surface area contributed by atoms with Gasteiger partial charge < -0.3 is 4.98 Å². The molecule has 0 spiro atoms. The molecule has 2 aromatic carbocycles. The van der Waals surface area contributed by atoms with Gasteiger partial charge in [-0.05, 0) is 35.1 Å². The molecule has 3 rings (SSSR count). The predicted molar refractivity (Wildman–Crippen MR) is 79.8 cm³/mol. The number of aromatic amines is 1. The van der Waals surface area contributed by atoms with Gasteiger partial charge >= 0.3 is 0 Å². The summed E-state index contributed by atoms with van der Waals surface area (Å²) in [5.41, 5.74) is 3.31. The van der Waals surface area contributed by atoms with Crippen molar-refractivity contribution in [2.45, 2.75) is 0 Å². The SMILES string of the molecule is N#CC=Cc1cc(P)c2[nH]c3ccccc3c2c1. The number of H-pyrrole nitrogens is 1. The third-order valence-corrected chi connectivity index (χ3v) is 3.47. The van der Waals surface area contributed by atoms with E-state index in [1.807, 2.05) is 24.3 Å². The second kappa shape index (κ2) is 4.29. The van der Waals surface area contributed by atoms with Gasteiger partial charge in [0, 0.05) is 22.4 Å². The van der Waals surface area contributed by atoms with Gasteiger partial charge in [-0.3, -0.25) is 0 Å². The van der Waals surface area contributed by atoms with Crippen molar-refractivity contribution < 1.29 is 0 Å². The molecule has 0 amide bonds. The number of rotatable bonds is 1. The highest BCUT2D eigenvalue weighted by molar-refractivity contribution is 7.28. The molecule has 0 aliphatic heterocycles. The summed E-state index contributed by atoms with van der Waals surface area (Å²) in [6.07, 6.45) is 3.33. The quantitative estimate of drug-likeness (QED) is 0.522. The van der Waals surface area contributed by atoms with Crippen molar-refractivity contribution in [3.05, 3.63) is 48.0 Å². The summed E-state index contributed by atoms with van der Waals surface area (Å²) in [4.78, 5) is 3.42. The number of nitriles is 1. The van der Waals surface area contributed by atoms with E-state index in [4.69, 9.17) is 5.26 Å². The van der Waals surface area contributed by atoms with Gasteiger partial charge in [0.25, 0.3) is 0 Å². The molecular weight excluding hydrogens is 239 g/mol. The Bertz CT molecular complexity index is 806. The monoisotopic (exact) mass is 250 g/mol. The Hall–Kier alpha value is -2.10. The Morgan fingerprint density at radius 3 is 2.83 bits per heavy atom. The maximum absolute atomic E-state index is 8.59. The summed E-state index contributed by atoms with van der Waals surface area (Å²) in [7, 11) is 2.74. The summed E-state index contributed by atoms with van der Waals surface area (Å²) in [6, 6.07) is 14.4. The van der Waals surface area contributed by atoms with E-state index in [1.165, 1.54) is 16.8 Å². The predicted octanol–water partition coefficient (Wildman–Crippen LogP) is 3.36. The first-order valence-electron chi connectivity index (χ1n) is 5.66. The lowest BCUT2D eigenvalue weighted by atomic mass is 10.1. The van der Waals surface area contributed by atoms with Crippen molar-refractivity contribution in [1.29, 1.82) is 5.26 Å². The van der Waals surface area contributed by atoms with Gasteiger partial charge in [-0.15, -0.1) is 9.24 Å². The number of allylic oxidation sites excluding steroid dienone is 1. The van der Waals surface area contributed by atoms with E-state index in [1.54, 1.807) is 0 Å². The summed E-state index contributed by atoms with van der Waals surface area (Å²) >= 11 is 0. The molecule has 18 heavy (non-hydrogen) atoms. The largest absolute Gasteiger partial charge is 0.354 e. The third-order valence-electron chi connectivity index (χ3n) is 3.02. The van der Waals surface area contributed by atoms with Crippen LogP contribution in [0.4, 0.5) is 0 Å². The van der Waals surface area contributed by atoms with Crippen molar-refractivity contribution >= 4 is 42.4 Å². The van der Waals surface area contributed by atoms with E-state index in [0.717, 1.165) is 21.9 Å². The van der Waals surface area contributed by atoms with Crippen LogP contribution < -0.4 is 5.30 Å². The Morgan fingerprint density at radius 1 is 1.17 bits per heavy atom. The highest BCUT2D eigenvalue weighted by Crippen LogP contribution is 2.26. The molecule has 0 saturated heterocycles. The Balaban J connectivity index is 2.37. The van der Waals surface area contributed by atoms with Crippen LogP contribution >= 0.6 is 9.24 Å². The zero-order valence-corrected chi connectivity index (χ0v) is 10.8. The number of hydrogen-bond donors (Lipinski definition) is 1. The Morgan fingerprint density at radius 2 is 2.00 bits per heavy atom. The van der Waals surface area contributed by atoms with Gasteiger partial charge in [-0.2, -0.15) is 5.26 Å². The number of hydrogen-bond acceptors (Lipinski definition) is 1. The summed E-state index contributed by atoms with van der Waals surface area (Å²) < 4.78 is 0. The van der Waals surface area contributed by atoms with Gasteiger partial charge in [0.15, 0.2) is 0 Å². The molecule has 1 heterocycles. The standard InChI is InChI=1S/C15H11N2P/c16-7-3-4-10-8-12-11-5-1-2-6-13(11)17-15(12)14(18)9-10/h1-6,8-9,17H,18H2. The zero-order chi connectivity index (χ0) is 12.5. The first-order valence-corrected chi connectivity index (χ1v) is 6.23. The van der Waals surface area contributed by atoms with Gasteiger partial charge in [0.05, 0.1) is 11.6 Å². The van der Waals surface area contributed by atoms with Gasteiger partial charge in [0.1, 0.15) is 0 Å². The number of aromatic nitrogens is 1. The van der Waals surface area contributed by atoms with E-state index in [0.29, 0.717) is 0 Å². The minimum Gasteiger partial charge on any atom is -0.354 e. The zero-order valence-electron chi connectivity index (χ0n) is 9.64. The number of fused-ring (bicyclic) bond motifs is 3. The fourth-order valence-electron chi connectivity index (χ4n) is 2.23. The molecule has 3 heteroatoms. The topological polar surface area (TPSA) is 39.6 Å².